The van der Waals surface area contributed by atoms with E-state index in [1.165, 1.54) is 0 Å². The Balaban J connectivity index is 2.08. The lowest BCUT2D eigenvalue weighted by Crippen LogP contribution is -1.97. The predicted octanol–water partition coefficient (Wildman–Crippen LogP) is 5.84. The van der Waals surface area contributed by atoms with Crippen molar-refractivity contribution in [2.24, 2.45) is 4.99 Å². The Morgan fingerprint density at radius 3 is 2.60 bits per heavy atom. The Bertz CT molecular complexity index is 798. The first kappa shape index (κ1) is 18.8. The molecule has 2 rings (SSSR count). The summed E-state index contributed by atoms with van der Waals surface area (Å²) in [6.07, 6.45) is 16.0. The topological polar surface area (TPSA) is 38.1 Å². The molecule has 1 aromatic carbocycles. The van der Waals surface area contributed by atoms with Gasteiger partial charge in [0.25, 0.3) is 0 Å². The van der Waals surface area contributed by atoms with Gasteiger partial charge in [0.2, 0.25) is 0 Å². The van der Waals surface area contributed by atoms with E-state index >= 15 is 0 Å². The quantitative estimate of drug-likeness (QED) is 0.449. The summed E-state index contributed by atoms with van der Waals surface area (Å²) in [4.78, 5) is 14.0. The maximum Gasteiger partial charge on any atom is 0.0890 e. The van der Waals surface area contributed by atoms with Gasteiger partial charge in [0, 0.05) is 17.6 Å². The summed E-state index contributed by atoms with van der Waals surface area (Å²) in [7, 11) is 0. The lowest BCUT2D eigenvalue weighted by Gasteiger charge is -2.05. The second-order valence-corrected chi connectivity index (χ2v) is 5.87. The molecule has 3 heteroatoms. The van der Waals surface area contributed by atoms with E-state index in [9.17, 15) is 0 Å². The lowest BCUT2D eigenvalue weighted by atomic mass is 10.1. The number of nitrogens with zero attached hydrogens (tertiary/aromatic N) is 3. The fraction of sp³-hybridized carbons (Fsp3) is 0.318. The zero-order chi connectivity index (χ0) is 17.9. The highest BCUT2D eigenvalue weighted by atomic mass is 14.8. The van der Waals surface area contributed by atoms with Gasteiger partial charge in [-0.25, -0.2) is 4.98 Å². The van der Waals surface area contributed by atoms with Crippen LogP contribution in [0.4, 0.5) is 0 Å². The predicted molar refractivity (Wildman–Crippen MR) is 108 cm³/mol. The number of aryl methyl sites for hydroxylation is 1. The Morgan fingerprint density at radius 1 is 1.08 bits per heavy atom. The van der Waals surface area contributed by atoms with Gasteiger partial charge in [-0.2, -0.15) is 0 Å². The normalized spacial score (nSPS) is 13.4. The molecule has 0 bridgehead atoms. The molecule has 3 nitrogen and oxygen atoms in total. The van der Waals surface area contributed by atoms with Crippen LogP contribution in [0.1, 0.15) is 45.7 Å². The van der Waals surface area contributed by atoms with E-state index in [0.29, 0.717) is 0 Å². The van der Waals surface area contributed by atoms with E-state index in [-0.39, 0.29) is 0 Å². The van der Waals surface area contributed by atoms with E-state index in [4.69, 9.17) is 9.98 Å². The molecular formula is C22H27N3. The van der Waals surface area contributed by atoms with Crippen LogP contribution in [0, 0.1) is 0 Å². The molecule has 0 aliphatic carbocycles. The van der Waals surface area contributed by atoms with Gasteiger partial charge in [-0.3, -0.25) is 9.98 Å². The van der Waals surface area contributed by atoms with E-state index in [1.54, 1.807) is 0 Å². The molecule has 1 heterocycles. The number of benzene rings is 1. The van der Waals surface area contributed by atoms with Crippen molar-refractivity contribution in [1.82, 2.24) is 9.97 Å². The molecule has 0 fully saturated rings. The fourth-order valence-electron chi connectivity index (χ4n) is 2.53. The Morgan fingerprint density at radius 2 is 1.88 bits per heavy atom. The Labute approximate surface area is 150 Å². The van der Waals surface area contributed by atoms with Gasteiger partial charge >= 0.3 is 0 Å². The number of hydrogen-bond acceptors (Lipinski definition) is 3. The maximum absolute atomic E-state index is 4.84. The van der Waals surface area contributed by atoms with Crippen LogP contribution in [-0.4, -0.2) is 15.7 Å². The third-order valence-electron chi connectivity index (χ3n) is 3.85. The van der Waals surface area contributed by atoms with Crippen molar-refractivity contribution in [3.05, 3.63) is 72.2 Å². The minimum absolute atomic E-state index is 0.846. The molecule has 0 atom stereocenters. The number of aromatic nitrogens is 2. The van der Waals surface area contributed by atoms with Crippen LogP contribution in [-0.2, 0) is 6.42 Å². The number of aliphatic imine (C=N–C) groups is 1. The fourth-order valence-corrected chi connectivity index (χ4v) is 2.53. The number of fused-ring (bicyclic) bond motifs is 1. The van der Waals surface area contributed by atoms with Gasteiger partial charge in [0.1, 0.15) is 0 Å². The van der Waals surface area contributed by atoms with Crippen molar-refractivity contribution < 1.29 is 0 Å². The lowest BCUT2D eigenvalue weighted by molar-refractivity contribution is 0.881. The molecule has 0 amide bonds. The van der Waals surface area contributed by atoms with Crippen LogP contribution in [0.2, 0.25) is 0 Å². The zero-order valence-electron chi connectivity index (χ0n) is 15.4. The van der Waals surface area contributed by atoms with E-state index in [0.717, 1.165) is 53.8 Å². The van der Waals surface area contributed by atoms with Crippen LogP contribution < -0.4 is 0 Å². The van der Waals surface area contributed by atoms with Crippen molar-refractivity contribution in [1.29, 1.82) is 0 Å². The molecule has 0 aliphatic rings. The van der Waals surface area contributed by atoms with E-state index in [1.807, 2.05) is 56.5 Å². The number of hydrogen-bond donors (Lipinski definition) is 0. The average molecular weight is 333 g/mol. The molecule has 0 aliphatic heterocycles. The molecule has 2 aromatic rings. The molecule has 0 spiro atoms. The minimum atomic E-state index is 0.846. The van der Waals surface area contributed by atoms with Gasteiger partial charge in [-0.1, -0.05) is 49.8 Å². The second kappa shape index (κ2) is 10.3. The molecule has 1 aromatic heterocycles. The largest absolute Gasteiger partial charge is 0.258 e. The minimum Gasteiger partial charge on any atom is -0.258 e. The highest BCUT2D eigenvalue weighted by Gasteiger charge is 2.03. The first-order chi connectivity index (χ1) is 12.3. The third kappa shape index (κ3) is 6.11. The van der Waals surface area contributed by atoms with E-state index < -0.39 is 0 Å². The SMILES string of the molecule is C\C=C/C=C\C(CCC)=N\C(=C/C)CCc1cnc2ccccc2n1. The highest BCUT2D eigenvalue weighted by Crippen LogP contribution is 2.13. The summed E-state index contributed by atoms with van der Waals surface area (Å²) in [6, 6.07) is 7.98. The van der Waals surface area contributed by atoms with Crippen molar-refractivity contribution in [3.63, 3.8) is 0 Å². The number of para-hydroxylation sites is 2. The van der Waals surface area contributed by atoms with Gasteiger partial charge < -0.3 is 0 Å². The van der Waals surface area contributed by atoms with Gasteiger partial charge in [0.15, 0.2) is 0 Å². The molecular weight excluding hydrogens is 306 g/mol. The van der Waals surface area contributed by atoms with Crippen molar-refractivity contribution in [2.75, 3.05) is 0 Å². The van der Waals surface area contributed by atoms with Crippen molar-refractivity contribution in [3.8, 4) is 0 Å². The van der Waals surface area contributed by atoms with Crippen molar-refractivity contribution >= 4 is 16.7 Å². The average Bonchev–Trinajstić information content (AvgIpc) is 2.65. The Kier molecular flexibility index (Phi) is 7.77. The third-order valence-corrected chi connectivity index (χ3v) is 3.85. The zero-order valence-corrected chi connectivity index (χ0v) is 15.4. The van der Waals surface area contributed by atoms with Crippen LogP contribution in [0.3, 0.4) is 0 Å². The molecule has 0 N–H and O–H groups in total. The Hall–Kier alpha value is -2.55. The summed E-state index contributed by atoms with van der Waals surface area (Å²) in [5.41, 5.74) is 5.12. The molecule has 25 heavy (non-hydrogen) atoms. The highest BCUT2D eigenvalue weighted by molar-refractivity contribution is 5.95. The molecule has 130 valence electrons. The molecule has 0 unspecified atom stereocenters. The second-order valence-electron chi connectivity index (χ2n) is 5.87. The summed E-state index contributed by atoms with van der Waals surface area (Å²) in [5.74, 6) is 0. The van der Waals surface area contributed by atoms with Crippen LogP contribution in [0.25, 0.3) is 11.0 Å². The first-order valence-electron chi connectivity index (χ1n) is 8.99. The molecule has 0 saturated heterocycles. The van der Waals surface area contributed by atoms with Crippen LogP contribution in [0.15, 0.2) is 71.5 Å². The molecule has 0 radical (unpaired) electrons. The number of rotatable bonds is 8. The standard InChI is InChI=1S/C22H27N3/c1-4-7-8-12-19(11-5-2)24-18(6-3)15-16-20-17-23-21-13-9-10-14-22(21)25-20/h4,6-10,12-14,17H,5,11,15-16H2,1-3H3/b7-4-,12-8-,18-6-,24-19+. The van der Waals surface area contributed by atoms with Crippen LogP contribution in [0.5, 0.6) is 0 Å². The summed E-state index contributed by atoms with van der Waals surface area (Å²) in [6.45, 7) is 6.24. The maximum atomic E-state index is 4.84. The summed E-state index contributed by atoms with van der Waals surface area (Å²) >= 11 is 0. The van der Waals surface area contributed by atoms with Crippen LogP contribution >= 0.6 is 0 Å². The van der Waals surface area contributed by atoms with Gasteiger partial charge in [-0.05, 0) is 51.3 Å². The van der Waals surface area contributed by atoms with Gasteiger partial charge in [-0.15, -0.1) is 0 Å². The summed E-state index contributed by atoms with van der Waals surface area (Å²) < 4.78 is 0. The molecule has 0 saturated carbocycles. The van der Waals surface area contributed by atoms with Crippen molar-refractivity contribution in [2.45, 2.75) is 46.5 Å². The monoisotopic (exact) mass is 333 g/mol. The smallest absolute Gasteiger partial charge is 0.0890 e. The van der Waals surface area contributed by atoms with E-state index in [2.05, 4.69) is 30.1 Å². The first-order valence-corrected chi connectivity index (χ1v) is 8.99. The van der Waals surface area contributed by atoms with Gasteiger partial charge in [0.05, 0.1) is 16.7 Å². The summed E-state index contributed by atoms with van der Waals surface area (Å²) in [5, 5.41) is 0. The number of allylic oxidation sites excluding steroid dienone is 6.